The van der Waals surface area contributed by atoms with Crippen molar-refractivity contribution >= 4 is 43.0 Å². The molecule has 136 valence electrons. The molecule has 26 heavy (non-hydrogen) atoms. The Balaban J connectivity index is 1.65. The second-order valence-corrected chi connectivity index (χ2v) is 10.5. The number of nitrogens with zero attached hydrogens (tertiary/aromatic N) is 3. The molecule has 0 saturated heterocycles. The molecule has 1 aliphatic heterocycles. The van der Waals surface area contributed by atoms with E-state index >= 15 is 0 Å². The van der Waals surface area contributed by atoms with Crippen LogP contribution in [-0.4, -0.2) is 23.2 Å². The van der Waals surface area contributed by atoms with E-state index in [1.165, 1.54) is 17.8 Å². The van der Waals surface area contributed by atoms with Crippen LogP contribution >= 0.6 is 27.3 Å². The molecule has 2 aromatic heterocycles. The molecule has 0 unspecified atom stereocenters. The summed E-state index contributed by atoms with van der Waals surface area (Å²) in [5.74, 6) is 1.80. The third-order valence-corrected chi connectivity index (χ3v) is 7.79. The summed E-state index contributed by atoms with van der Waals surface area (Å²) in [6.45, 7) is 0.900. The van der Waals surface area contributed by atoms with E-state index in [1.807, 2.05) is 18.2 Å². The van der Waals surface area contributed by atoms with E-state index in [0.717, 1.165) is 46.8 Å². The Morgan fingerprint density at radius 3 is 2.81 bits per heavy atom. The summed E-state index contributed by atoms with van der Waals surface area (Å²) in [5, 5.41) is 8.66. The molecular formula is C17H17BrN4O2S2. The highest BCUT2D eigenvalue weighted by molar-refractivity contribution is 9.11. The van der Waals surface area contributed by atoms with E-state index < -0.39 is 10.0 Å². The molecular weight excluding hydrogens is 436 g/mol. The molecule has 0 amide bonds. The van der Waals surface area contributed by atoms with Gasteiger partial charge < -0.3 is 4.57 Å². The van der Waals surface area contributed by atoms with Gasteiger partial charge in [-0.25, -0.2) is 8.42 Å². The van der Waals surface area contributed by atoms with Crippen LogP contribution in [0.1, 0.15) is 25.1 Å². The van der Waals surface area contributed by atoms with E-state index in [0.29, 0.717) is 5.69 Å². The van der Waals surface area contributed by atoms with E-state index in [1.54, 1.807) is 18.2 Å². The molecule has 0 aliphatic carbocycles. The van der Waals surface area contributed by atoms with Gasteiger partial charge in [0.2, 0.25) is 0 Å². The minimum absolute atomic E-state index is 0.270. The second kappa shape index (κ2) is 7.13. The smallest absolute Gasteiger partial charge is 0.271 e. The Morgan fingerprint density at radius 1 is 1.12 bits per heavy atom. The van der Waals surface area contributed by atoms with Crippen LogP contribution in [-0.2, 0) is 23.0 Å². The van der Waals surface area contributed by atoms with E-state index in [-0.39, 0.29) is 4.21 Å². The van der Waals surface area contributed by atoms with Gasteiger partial charge >= 0.3 is 0 Å². The number of sulfonamides is 1. The average Bonchev–Trinajstić information content (AvgIpc) is 3.15. The van der Waals surface area contributed by atoms with E-state index in [2.05, 4.69) is 35.4 Å². The summed E-state index contributed by atoms with van der Waals surface area (Å²) >= 11 is 4.47. The molecule has 0 saturated carbocycles. The molecule has 0 atom stereocenters. The summed E-state index contributed by atoms with van der Waals surface area (Å²) in [6, 6.07) is 10.6. The molecule has 0 bridgehead atoms. The van der Waals surface area contributed by atoms with Crippen LogP contribution in [0.4, 0.5) is 5.69 Å². The quantitative estimate of drug-likeness (QED) is 0.639. The van der Waals surface area contributed by atoms with Gasteiger partial charge in [-0.2, -0.15) is 0 Å². The zero-order valence-electron chi connectivity index (χ0n) is 13.9. The highest BCUT2D eigenvalue weighted by Crippen LogP contribution is 2.29. The minimum Gasteiger partial charge on any atom is -0.311 e. The van der Waals surface area contributed by atoms with Crippen LogP contribution < -0.4 is 4.72 Å². The lowest BCUT2D eigenvalue weighted by atomic mass is 10.2. The third-order valence-electron chi connectivity index (χ3n) is 4.30. The standard InChI is InChI=1S/C17H17BrN4O2S2/c18-14-8-9-16(25-14)26(23,24)21-13-6-4-5-12(11-13)17-20-19-15-7-2-1-3-10-22(15)17/h4-6,8-9,11,21H,1-3,7,10H2. The first-order valence-corrected chi connectivity index (χ1v) is 11.4. The summed E-state index contributed by atoms with van der Waals surface area (Å²) in [6.07, 6.45) is 4.37. The molecule has 0 fully saturated rings. The molecule has 0 spiro atoms. The maximum Gasteiger partial charge on any atom is 0.271 e. The van der Waals surface area contributed by atoms with Crippen LogP contribution in [0.25, 0.3) is 11.4 Å². The van der Waals surface area contributed by atoms with Crippen LogP contribution in [0.15, 0.2) is 44.4 Å². The number of nitrogens with one attached hydrogen (secondary N) is 1. The fourth-order valence-electron chi connectivity index (χ4n) is 3.07. The summed E-state index contributed by atoms with van der Waals surface area (Å²) < 4.78 is 30.9. The van der Waals surface area contributed by atoms with E-state index in [9.17, 15) is 8.42 Å². The predicted octanol–water partition coefficient (Wildman–Crippen LogP) is 4.30. The van der Waals surface area contributed by atoms with Gasteiger partial charge in [-0.15, -0.1) is 21.5 Å². The molecule has 9 heteroatoms. The van der Waals surface area contributed by atoms with Crippen molar-refractivity contribution in [2.24, 2.45) is 0 Å². The van der Waals surface area contributed by atoms with Gasteiger partial charge in [-0.3, -0.25) is 4.72 Å². The van der Waals surface area contributed by atoms with Gasteiger partial charge in [0.05, 0.1) is 3.79 Å². The molecule has 6 nitrogen and oxygen atoms in total. The maximum atomic E-state index is 12.5. The maximum absolute atomic E-state index is 12.5. The second-order valence-electron chi connectivity index (χ2n) is 6.15. The number of hydrogen-bond donors (Lipinski definition) is 1. The average molecular weight is 453 g/mol. The van der Waals surface area contributed by atoms with Gasteiger partial charge in [-0.1, -0.05) is 18.6 Å². The van der Waals surface area contributed by atoms with Gasteiger partial charge in [-0.05, 0) is 53.0 Å². The molecule has 3 aromatic rings. The number of hydrogen-bond acceptors (Lipinski definition) is 5. The number of thiophene rings is 1. The predicted molar refractivity (Wildman–Crippen MR) is 106 cm³/mol. The Labute approximate surface area is 164 Å². The highest BCUT2D eigenvalue weighted by atomic mass is 79.9. The molecule has 0 radical (unpaired) electrons. The van der Waals surface area contributed by atoms with Gasteiger partial charge in [0.1, 0.15) is 10.0 Å². The number of aryl methyl sites for hydroxylation is 1. The highest BCUT2D eigenvalue weighted by Gasteiger charge is 2.19. The first kappa shape index (κ1) is 17.7. The number of aromatic nitrogens is 3. The van der Waals surface area contributed by atoms with Gasteiger partial charge in [0.15, 0.2) is 5.82 Å². The Kier molecular flexibility index (Phi) is 4.85. The normalized spacial score (nSPS) is 14.7. The van der Waals surface area contributed by atoms with Gasteiger partial charge in [0, 0.05) is 24.2 Å². The molecule has 4 rings (SSSR count). The largest absolute Gasteiger partial charge is 0.311 e. The van der Waals surface area contributed by atoms with Crippen molar-refractivity contribution in [1.82, 2.24) is 14.8 Å². The van der Waals surface area contributed by atoms with Crippen molar-refractivity contribution in [3.8, 4) is 11.4 Å². The van der Waals surface area contributed by atoms with Crippen LogP contribution in [0.2, 0.25) is 0 Å². The Morgan fingerprint density at radius 2 is 2.00 bits per heavy atom. The summed E-state index contributed by atoms with van der Waals surface area (Å²) in [4.78, 5) is 0. The lowest BCUT2D eigenvalue weighted by Gasteiger charge is -2.10. The van der Waals surface area contributed by atoms with Crippen molar-refractivity contribution in [2.45, 2.75) is 36.4 Å². The zero-order valence-corrected chi connectivity index (χ0v) is 17.1. The number of fused-ring (bicyclic) bond motifs is 1. The molecule has 1 aromatic carbocycles. The fourth-order valence-corrected chi connectivity index (χ4v) is 6.13. The monoisotopic (exact) mass is 452 g/mol. The summed E-state index contributed by atoms with van der Waals surface area (Å²) in [5.41, 5.74) is 1.37. The SMILES string of the molecule is O=S(=O)(Nc1cccc(-c2nnc3n2CCCCC3)c1)c1ccc(Br)s1. The molecule has 1 aliphatic rings. The molecule has 3 heterocycles. The van der Waals surface area contributed by atoms with E-state index in [4.69, 9.17) is 0 Å². The van der Waals surface area contributed by atoms with Crippen molar-refractivity contribution in [3.05, 3.63) is 46.0 Å². The Bertz CT molecular complexity index is 1040. The summed E-state index contributed by atoms with van der Waals surface area (Å²) in [7, 11) is -3.61. The fraction of sp³-hybridized carbons (Fsp3) is 0.294. The lowest BCUT2D eigenvalue weighted by Crippen LogP contribution is -2.11. The number of halogens is 1. The number of benzene rings is 1. The zero-order chi connectivity index (χ0) is 18.1. The lowest BCUT2D eigenvalue weighted by molar-refractivity contribution is 0.603. The van der Waals surface area contributed by atoms with Crippen molar-refractivity contribution in [2.75, 3.05) is 4.72 Å². The van der Waals surface area contributed by atoms with Crippen molar-refractivity contribution < 1.29 is 8.42 Å². The van der Waals surface area contributed by atoms with Crippen molar-refractivity contribution in [1.29, 1.82) is 0 Å². The number of anilines is 1. The third kappa shape index (κ3) is 3.56. The number of rotatable bonds is 4. The van der Waals surface area contributed by atoms with Crippen LogP contribution in [0.3, 0.4) is 0 Å². The van der Waals surface area contributed by atoms with Crippen LogP contribution in [0, 0.1) is 0 Å². The van der Waals surface area contributed by atoms with Crippen LogP contribution in [0.5, 0.6) is 0 Å². The topological polar surface area (TPSA) is 76.9 Å². The first-order chi connectivity index (χ1) is 12.5. The van der Waals surface area contributed by atoms with Gasteiger partial charge in [0.25, 0.3) is 10.0 Å². The Hall–Kier alpha value is -1.71. The minimum atomic E-state index is -3.61. The first-order valence-electron chi connectivity index (χ1n) is 8.34. The molecule has 1 N–H and O–H groups in total. The van der Waals surface area contributed by atoms with Crippen molar-refractivity contribution in [3.63, 3.8) is 0 Å².